The lowest BCUT2D eigenvalue weighted by atomic mass is 10.1. The quantitative estimate of drug-likeness (QED) is 0.722. The number of rotatable bonds is 1. The van der Waals surface area contributed by atoms with Gasteiger partial charge in [-0.05, 0) is 35.7 Å². The minimum absolute atomic E-state index is 0.133. The molecule has 0 atom stereocenters. The van der Waals surface area contributed by atoms with Crippen molar-refractivity contribution in [3.05, 3.63) is 42.5 Å². The monoisotopic (exact) mass is 206 g/mol. The third-order valence-electron chi connectivity index (χ3n) is 1.89. The Morgan fingerprint density at radius 1 is 1.14 bits per heavy atom. The van der Waals surface area contributed by atoms with Crippen molar-refractivity contribution in [1.29, 1.82) is 0 Å². The summed E-state index contributed by atoms with van der Waals surface area (Å²) in [4.78, 5) is -0.133. The van der Waals surface area contributed by atoms with Crippen LogP contribution >= 0.6 is 0 Å². The highest BCUT2D eigenvalue weighted by molar-refractivity contribution is 7.86. The summed E-state index contributed by atoms with van der Waals surface area (Å²) in [5.41, 5.74) is 0. The van der Waals surface area contributed by atoms with E-state index in [1.807, 2.05) is 0 Å². The Morgan fingerprint density at radius 3 is 2.64 bits per heavy atom. The van der Waals surface area contributed by atoms with Gasteiger partial charge < -0.3 is 0 Å². The van der Waals surface area contributed by atoms with Crippen LogP contribution in [0.5, 0.6) is 0 Å². The van der Waals surface area contributed by atoms with E-state index in [2.05, 4.69) is 12.1 Å². The van der Waals surface area contributed by atoms with Crippen molar-refractivity contribution in [3.8, 4) is 0 Å². The normalized spacial score (nSPS) is 11.8. The van der Waals surface area contributed by atoms with E-state index in [9.17, 15) is 8.42 Å². The Kier molecular flexibility index (Phi) is 2.02. The molecule has 2 aromatic carbocycles. The van der Waals surface area contributed by atoms with Gasteiger partial charge in [0.05, 0.1) is 0 Å². The van der Waals surface area contributed by atoms with Crippen molar-refractivity contribution in [3.63, 3.8) is 0 Å². The van der Waals surface area contributed by atoms with Gasteiger partial charge in [-0.15, -0.1) is 0 Å². The average molecular weight is 206 g/mol. The Labute approximate surface area is 81.7 Å². The molecule has 70 valence electrons. The topological polar surface area (TPSA) is 54.4 Å². The molecule has 0 saturated carbocycles. The van der Waals surface area contributed by atoms with E-state index in [1.54, 1.807) is 18.2 Å². The lowest BCUT2D eigenvalue weighted by Crippen LogP contribution is -1.98. The van der Waals surface area contributed by atoms with Crippen molar-refractivity contribution in [2.24, 2.45) is 0 Å². The molecule has 2 rings (SSSR count). The second kappa shape index (κ2) is 3.08. The van der Waals surface area contributed by atoms with E-state index in [0.29, 0.717) is 10.8 Å². The van der Waals surface area contributed by atoms with Crippen LogP contribution in [0.1, 0.15) is 0 Å². The zero-order valence-corrected chi connectivity index (χ0v) is 7.88. The van der Waals surface area contributed by atoms with Gasteiger partial charge in [-0.2, -0.15) is 8.42 Å². The van der Waals surface area contributed by atoms with Crippen LogP contribution in [0.2, 0.25) is 0 Å². The molecule has 0 unspecified atom stereocenters. The van der Waals surface area contributed by atoms with E-state index in [4.69, 9.17) is 4.55 Å². The fourth-order valence-electron chi connectivity index (χ4n) is 1.28. The smallest absolute Gasteiger partial charge is 0.282 e. The maximum atomic E-state index is 11.0. The number of hydrogen-bond donors (Lipinski definition) is 1. The van der Waals surface area contributed by atoms with Crippen LogP contribution < -0.4 is 0 Å². The molecule has 0 bridgehead atoms. The summed E-state index contributed by atoms with van der Waals surface area (Å²) < 4.78 is 30.9. The Balaban J connectivity index is 2.92. The van der Waals surface area contributed by atoms with Gasteiger partial charge in [0.2, 0.25) is 0 Å². The van der Waals surface area contributed by atoms with Crippen molar-refractivity contribution < 1.29 is 13.0 Å². The van der Waals surface area contributed by atoms with Gasteiger partial charge in [-0.25, -0.2) is 0 Å². The van der Waals surface area contributed by atoms with E-state index in [1.165, 1.54) is 12.1 Å². The molecule has 0 amide bonds. The second-order valence-corrected chi connectivity index (χ2v) is 4.20. The van der Waals surface area contributed by atoms with Gasteiger partial charge in [-0.1, -0.05) is 12.1 Å². The lowest BCUT2D eigenvalue weighted by Gasteiger charge is -2.01. The van der Waals surface area contributed by atoms with Crippen LogP contribution in [0.3, 0.4) is 0 Å². The molecule has 0 aliphatic carbocycles. The first-order valence-corrected chi connectivity index (χ1v) is 5.30. The van der Waals surface area contributed by atoms with E-state index in [0.717, 1.165) is 0 Å². The second-order valence-electron chi connectivity index (χ2n) is 2.81. The van der Waals surface area contributed by atoms with Crippen LogP contribution in [0, 0.1) is 12.1 Å². The van der Waals surface area contributed by atoms with E-state index < -0.39 is 10.1 Å². The van der Waals surface area contributed by atoms with Crippen molar-refractivity contribution in [1.82, 2.24) is 0 Å². The highest BCUT2D eigenvalue weighted by atomic mass is 32.2. The maximum absolute atomic E-state index is 11.0. The summed E-state index contributed by atoms with van der Waals surface area (Å²) >= 11 is 0. The van der Waals surface area contributed by atoms with Gasteiger partial charge in [0.1, 0.15) is 4.90 Å². The molecule has 14 heavy (non-hydrogen) atoms. The Morgan fingerprint density at radius 2 is 1.93 bits per heavy atom. The molecule has 0 spiro atoms. The summed E-state index contributed by atoms with van der Waals surface area (Å²) in [6.07, 6.45) is 0. The predicted molar refractivity (Wildman–Crippen MR) is 51.4 cm³/mol. The average Bonchev–Trinajstić information content (AvgIpc) is 2.15. The predicted octanol–water partition coefficient (Wildman–Crippen LogP) is 1.69. The molecule has 4 heteroatoms. The van der Waals surface area contributed by atoms with E-state index in [-0.39, 0.29) is 4.90 Å². The molecule has 2 aromatic rings. The minimum Gasteiger partial charge on any atom is -0.282 e. The molecular formula is C10H6O3S. The van der Waals surface area contributed by atoms with Gasteiger partial charge in [0.15, 0.2) is 0 Å². The number of benzene rings is 2. The number of fused-ring (bicyclic) bond motifs is 1. The van der Waals surface area contributed by atoms with E-state index >= 15 is 0 Å². The van der Waals surface area contributed by atoms with Crippen molar-refractivity contribution >= 4 is 20.9 Å². The largest absolute Gasteiger partial charge is 0.295 e. The molecular weight excluding hydrogens is 200 g/mol. The molecule has 0 fully saturated rings. The molecule has 0 heterocycles. The van der Waals surface area contributed by atoms with Gasteiger partial charge in [0, 0.05) is 5.39 Å². The maximum Gasteiger partial charge on any atom is 0.295 e. The number of hydrogen-bond acceptors (Lipinski definition) is 2. The third kappa shape index (κ3) is 1.49. The molecule has 1 N–H and O–H groups in total. The third-order valence-corrected chi connectivity index (χ3v) is 2.79. The highest BCUT2D eigenvalue weighted by Gasteiger charge is 2.12. The zero-order chi connectivity index (χ0) is 10.2. The fraction of sp³-hybridized carbons (Fsp3) is 0. The van der Waals surface area contributed by atoms with Gasteiger partial charge >= 0.3 is 0 Å². The first-order valence-electron chi connectivity index (χ1n) is 3.86. The summed E-state index contributed by atoms with van der Waals surface area (Å²) in [5.74, 6) is 0. The van der Waals surface area contributed by atoms with Crippen LogP contribution in [0.25, 0.3) is 10.8 Å². The Bertz CT molecular complexity index is 567. The van der Waals surface area contributed by atoms with Crippen LogP contribution in [0.4, 0.5) is 0 Å². The van der Waals surface area contributed by atoms with Crippen LogP contribution in [-0.2, 0) is 10.1 Å². The fourth-order valence-corrected chi connectivity index (χ4v) is 1.95. The molecule has 0 aliphatic rings. The molecule has 3 nitrogen and oxygen atoms in total. The first kappa shape index (κ1) is 9.18. The molecule has 2 radical (unpaired) electrons. The first-order chi connectivity index (χ1) is 6.59. The van der Waals surface area contributed by atoms with Crippen LogP contribution in [-0.4, -0.2) is 13.0 Å². The summed E-state index contributed by atoms with van der Waals surface area (Å²) in [7, 11) is -4.18. The van der Waals surface area contributed by atoms with Crippen molar-refractivity contribution in [2.45, 2.75) is 4.90 Å². The minimum atomic E-state index is -4.18. The molecule has 0 aliphatic heterocycles. The van der Waals surface area contributed by atoms with Gasteiger partial charge in [0.25, 0.3) is 10.1 Å². The summed E-state index contributed by atoms with van der Waals surface area (Å²) in [6, 6.07) is 13.2. The van der Waals surface area contributed by atoms with Crippen LogP contribution in [0.15, 0.2) is 35.2 Å². The standard InChI is InChI=1S/C10H6O3S/c11-14(12,13)10-7-3-5-8-4-1-2-6-9(8)10/h1,4-7H,(H,11,12,13). The summed E-state index contributed by atoms with van der Waals surface area (Å²) in [5, 5.41) is 1.16. The Hall–Kier alpha value is -1.39. The summed E-state index contributed by atoms with van der Waals surface area (Å²) in [6.45, 7) is 0. The molecule has 0 aromatic heterocycles. The van der Waals surface area contributed by atoms with Gasteiger partial charge in [-0.3, -0.25) is 4.55 Å². The zero-order valence-electron chi connectivity index (χ0n) is 7.06. The van der Waals surface area contributed by atoms with Crippen molar-refractivity contribution in [2.75, 3.05) is 0 Å². The SMILES string of the molecule is O=S(=O)(O)c1c[c]cc2cc[c]cc12. The lowest BCUT2D eigenvalue weighted by molar-refractivity contribution is 0.484. The highest BCUT2D eigenvalue weighted by Crippen LogP contribution is 2.21. The molecule has 0 saturated heterocycles.